The monoisotopic (exact) mass is 220 g/mol. The van der Waals surface area contributed by atoms with Crippen LogP contribution in [-0.2, 0) is 4.74 Å². The van der Waals surface area contributed by atoms with Crippen molar-refractivity contribution in [1.82, 2.24) is 9.71 Å². The average Bonchev–Trinajstić information content (AvgIpc) is 2.53. The molecule has 0 spiro atoms. The second-order valence-corrected chi connectivity index (χ2v) is 3.39. The molecule has 1 N–H and O–H groups in total. The lowest BCUT2D eigenvalue weighted by Crippen LogP contribution is -2.06. The Morgan fingerprint density at radius 2 is 2.38 bits per heavy atom. The van der Waals surface area contributed by atoms with Crippen LogP contribution in [0.2, 0.25) is 0 Å². The van der Waals surface area contributed by atoms with E-state index in [1.54, 1.807) is 26.1 Å². The van der Waals surface area contributed by atoms with Gasteiger partial charge < -0.3 is 9.94 Å². The van der Waals surface area contributed by atoms with E-state index in [1.165, 1.54) is 6.20 Å². The van der Waals surface area contributed by atoms with Crippen LogP contribution < -0.4 is 0 Å². The number of pyridine rings is 1. The van der Waals surface area contributed by atoms with Gasteiger partial charge in [0.2, 0.25) is 0 Å². The van der Waals surface area contributed by atoms with E-state index in [2.05, 4.69) is 4.98 Å². The fourth-order valence-corrected chi connectivity index (χ4v) is 1.71. The summed E-state index contributed by atoms with van der Waals surface area (Å²) in [6.07, 6.45) is 3.08. The SMILES string of the molecule is CCOC(=O)c1c(C)n(O)c2cnccc12. The molecular formula is C11H12N2O3. The summed E-state index contributed by atoms with van der Waals surface area (Å²) in [5.74, 6) is -0.427. The summed E-state index contributed by atoms with van der Waals surface area (Å²) in [4.78, 5) is 15.6. The lowest BCUT2D eigenvalue weighted by atomic mass is 10.2. The number of carbonyl (C=O) groups excluding carboxylic acids is 1. The maximum Gasteiger partial charge on any atom is 0.340 e. The number of hydrogen-bond donors (Lipinski definition) is 1. The minimum Gasteiger partial charge on any atom is -0.462 e. The van der Waals surface area contributed by atoms with Gasteiger partial charge in [-0.3, -0.25) is 4.98 Å². The molecule has 0 aliphatic rings. The summed E-state index contributed by atoms with van der Waals surface area (Å²) >= 11 is 0. The van der Waals surface area contributed by atoms with E-state index in [-0.39, 0.29) is 0 Å². The predicted octanol–water partition coefficient (Wildman–Crippen LogP) is 1.76. The van der Waals surface area contributed by atoms with Crippen molar-refractivity contribution >= 4 is 16.9 Å². The summed E-state index contributed by atoms with van der Waals surface area (Å²) < 4.78 is 5.90. The van der Waals surface area contributed by atoms with Crippen molar-refractivity contribution < 1.29 is 14.7 Å². The van der Waals surface area contributed by atoms with Gasteiger partial charge in [0, 0.05) is 11.6 Å². The van der Waals surface area contributed by atoms with Crippen LogP contribution in [0.25, 0.3) is 10.9 Å². The standard InChI is InChI=1S/C11H12N2O3/c1-3-16-11(14)10-7(2)13(15)9-6-12-5-4-8(9)10/h4-6,15H,3H2,1-2H3. The third kappa shape index (κ3) is 1.41. The molecule has 2 aromatic rings. The molecule has 0 saturated heterocycles. The number of fused-ring (bicyclic) bond motifs is 1. The molecular weight excluding hydrogens is 208 g/mol. The van der Waals surface area contributed by atoms with E-state index in [1.807, 2.05) is 0 Å². The highest BCUT2D eigenvalue weighted by Crippen LogP contribution is 2.24. The van der Waals surface area contributed by atoms with E-state index >= 15 is 0 Å². The van der Waals surface area contributed by atoms with Crippen LogP contribution in [0.4, 0.5) is 0 Å². The molecule has 0 radical (unpaired) electrons. The predicted molar refractivity (Wildman–Crippen MR) is 57.6 cm³/mol. The Bertz CT molecular complexity index is 545. The molecule has 2 heterocycles. The molecule has 5 nitrogen and oxygen atoms in total. The van der Waals surface area contributed by atoms with Crippen LogP contribution in [0.1, 0.15) is 23.0 Å². The molecule has 2 rings (SSSR count). The van der Waals surface area contributed by atoms with E-state index in [9.17, 15) is 10.0 Å². The molecule has 0 fully saturated rings. The molecule has 2 aromatic heterocycles. The van der Waals surface area contributed by atoms with Gasteiger partial charge >= 0.3 is 5.97 Å². The van der Waals surface area contributed by atoms with E-state index < -0.39 is 5.97 Å². The normalized spacial score (nSPS) is 10.6. The number of esters is 1. The van der Waals surface area contributed by atoms with Gasteiger partial charge in [0.05, 0.1) is 24.1 Å². The molecule has 0 unspecified atom stereocenters. The lowest BCUT2D eigenvalue weighted by molar-refractivity contribution is 0.0525. The van der Waals surface area contributed by atoms with Gasteiger partial charge in [-0.05, 0) is 19.9 Å². The maximum atomic E-state index is 11.7. The molecule has 16 heavy (non-hydrogen) atoms. The minimum absolute atomic E-state index is 0.307. The Hall–Kier alpha value is -2.04. The first kappa shape index (κ1) is 10.5. The Labute approximate surface area is 92.2 Å². The summed E-state index contributed by atoms with van der Waals surface area (Å²) in [7, 11) is 0. The van der Waals surface area contributed by atoms with Crippen LogP contribution in [-0.4, -0.2) is 27.5 Å². The van der Waals surface area contributed by atoms with E-state index in [4.69, 9.17) is 4.74 Å². The molecule has 5 heteroatoms. The Morgan fingerprint density at radius 3 is 3.06 bits per heavy atom. The number of hydrogen-bond acceptors (Lipinski definition) is 4. The quantitative estimate of drug-likeness (QED) is 0.618. The third-order valence-electron chi connectivity index (χ3n) is 2.46. The van der Waals surface area contributed by atoms with Crippen LogP contribution in [0.3, 0.4) is 0 Å². The molecule has 0 amide bonds. The first-order chi connectivity index (χ1) is 7.66. The van der Waals surface area contributed by atoms with Gasteiger partial charge in [-0.2, -0.15) is 4.73 Å². The highest BCUT2D eigenvalue weighted by molar-refractivity contribution is 6.05. The van der Waals surface area contributed by atoms with Gasteiger partial charge in [-0.25, -0.2) is 4.79 Å². The number of ether oxygens (including phenoxy) is 1. The number of nitrogens with zero attached hydrogens (tertiary/aromatic N) is 2. The van der Waals surface area contributed by atoms with Crippen molar-refractivity contribution in [3.63, 3.8) is 0 Å². The van der Waals surface area contributed by atoms with Crippen molar-refractivity contribution in [3.05, 3.63) is 29.7 Å². The number of rotatable bonds is 2. The van der Waals surface area contributed by atoms with Crippen molar-refractivity contribution in [2.75, 3.05) is 6.61 Å². The van der Waals surface area contributed by atoms with Gasteiger partial charge in [-0.15, -0.1) is 0 Å². The second-order valence-electron chi connectivity index (χ2n) is 3.39. The van der Waals surface area contributed by atoms with Gasteiger partial charge in [0.1, 0.15) is 5.52 Å². The maximum absolute atomic E-state index is 11.7. The van der Waals surface area contributed by atoms with E-state index in [0.29, 0.717) is 28.8 Å². The topological polar surface area (TPSA) is 64.3 Å². The van der Waals surface area contributed by atoms with Crippen molar-refractivity contribution in [2.45, 2.75) is 13.8 Å². The zero-order valence-corrected chi connectivity index (χ0v) is 9.10. The van der Waals surface area contributed by atoms with Gasteiger partial charge in [-0.1, -0.05) is 0 Å². The third-order valence-corrected chi connectivity index (χ3v) is 2.46. The lowest BCUT2D eigenvalue weighted by Gasteiger charge is -2.01. The summed E-state index contributed by atoms with van der Waals surface area (Å²) in [5, 5.41) is 10.4. The fraction of sp³-hybridized carbons (Fsp3) is 0.273. The minimum atomic E-state index is -0.427. The summed E-state index contributed by atoms with van der Waals surface area (Å²) in [6.45, 7) is 3.71. The Balaban J connectivity index is 2.68. The zero-order chi connectivity index (χ0) is 11.7. The van der Waals surface area contributed by atoms with Crippen molar-refractivity contribution in [2.24, 2.45) is 0 Å². The van der Waals surface area contributed by atoms with E-state index in [0.717, 1.165) is 4.73 Å². The van der Waals surface area contributed by atoms with Crippen LogP contribution in [0, 0.1) is 6.92 Å². The number of aromatic nitrogens is 2. The van der Waals surface area contributed by atoms with Gasteiger partial charge in [0.25, 0.3) is 0 Å². The summed E-state index contributed by atoms with van der Waals surface area (Å²) in [5.41, 5.74) is 1.35. The van der Waals surface area contributed by atoms with Crippen molar-refractivity contribution in [1.29, 1.82) is 0 Å². The molecule has 0 aliphatic heterocycles. The largest absolute Gasteiger partial charge is 0.462 e. The second kappa shape index (κ2) is 3.84. The molecule has 0 aliphatic carbocycles. The Kier molecular flexibility index (Phi) is 2.52. The van der Waals surface area contributed by atoms with Crippen molar-refractivity contribution in [3.8, 4) is 0 Å². The fourth-order valence-electron chi connectivity index (χ4n) is 1.71. The van der Waals surface area contributed by atoms with Crippen LogP contribution >= 0.6 is 0 Å². The first-order valence-electron chi connectivity index (χ1n) is 4.98. The van der Waals surface area contributed by atoms with Crippen LogP contribution in [0.5, 0.6) is 0 Å². The highest BCUT2D eigenvalue weighted by atomic mass is 16.5. The molecule has 84 valence electrons. The molecule has 0 atom stereocenters. The van der Waals surface area contributed by atoms with Gasteiger partial charge in [0.15, 0.2) is 0 Å². The highest BCUT2D eigenvalue weighted by Gasteiger charge is 2.20. The molecule has 0 bridgehead atoms. The molecule has 0 saturated carbocycles. The summed E-state index contributed by atoms with van der Waals surface area (Å²) in [6, 6.07) is 1.68. The van der Waals surface area contributed by atoms with Crippen LogP contribution in [0.15, 0.2) is 18.5 Å². The zero-order valence-electron chi connectivity index (χ0n) is 9.10. The first-order valence-corrected chi connectivity index (χ1v) is 4.98. The molecule has 0 aromatic carbocycles. The smallest absolute Gasteiger partial charge is 0.340 e. The Morgan fingerprint density at radius 1 is 1.62 bits per heavy atom. The average molecular weight is 220 g/mol. The number of carbonyl (C=O) groups is 1.